The molecule has 1 aliphatic heterocycles. The number of nitrogens with two attached hydrogens (primary N) is 1. The first-order valence-electron chi connectivity index (χ1n) is 9.47. The van der Waals surface area contributed by atoms with E-state index in [9.17, 15) is 9.90 Å². The van der Waals surface area contributed by atoms with Gasteiger partial charge in [0.2, 0.25) is 0 Å². The van der Waals surface area contributed by atoms with Crippen molar-refractivity contribution in [2.45, 2.75) is 31.8 Å². The van der Waals surface area contributed by atoms with E-state index in [0.717, 1.165) is 5.56 Å². The number of benzene rings is 1. The minimum absolute atomic E-state index is 0.108. The molecule has 1 fully saturated rings. The van der Waals surface area contributed by atoms with E-state index in [1.54, 1.807) is 12.1 Å². The van der Waals surface area contributed by atoms with Crippen LogP contribution in [-0.2, 0) is 11.2 Å². The topological polar surface area (TPSA) is 116 Å². The van der Waals surface area contributed by atoms with Gasteiger partial charge in [0.25, 0.3) is 0 Å². The molecule has 28 heavy (non-hydrogen) atoms. The average Bonchev–Trinajstić information content (AvgIpc) is 3.08. The minimum atomic E-state index is -0.589. The summed E-state index contributed by atoms with van der Waals surface area (Å²) in [4.78, 5) is 14.4. The summed E-state index contributed by atoms with van der Waals surface area (Å²) in [6, 6.07) is 13.2. The van der Waals surface area contributed by atoms with Gasteiger partial charge in [-0.15, -0.1) is 10.2 Å². The quantitative estimate of drug-likeness (QED) is 0.747. The highest BCUT2D eigenvalue weighted by molar-refractivity contribution is 5.81. The summed E-state index contributed by atoms with van der Waals surface area (Å²) in [7, 11) is 0. The lowest BCUT2D eigenvalue weighted by atomic mass is 9.94. The zero-order valence-corrected chi connectivity index (χ0v) is 16.0. The van der Waals surface area contributed by atoms with Gasteiger partial charge >= 0.3 is 0 Å². The second-order valence-corrected chi connectivity index (χ2v) is 7.42. The molecule has 0 aliphatic carbocycles. The van der Waals surface area contributed by atoms with Crippen LogP contribution in [0.3, 0.4) is 0 Å². The van der Waals surface area contributed by atoms with E-state index >= 15 is 0 Å². The van der Waals surface area contributed by atoms with Crippen molar-refractivity contribution < 1.29 is 9.90 Å². The van der Waals surface area contributed by atoms with Crippen molar-refractivity contribution in [2.24, 2.45) is 11.7 Å². The van der Waals surface area contributed by atoms with Gasteiger partial charge in [0, 0.05) is 31.8 Å². The first-order chi connectivity index (χ1) is 13.5. The Balaban J connectivity index is 1.55. The Kier molecular flexibility index (Phi) is 6.34. The number of Topliss-reactive ketones (excluding diaryl/α,β-unsaturated/α-hetero) is 1. The van der Waals surface area contributed by atoms with Crippen LogP contribution in [0, 0.1) is 17.2 Å². The van der Waals surface area contributed by atoms with E-state index in [-0.39, 0.29) is 17.4 Å². The van der Waals surface area contributed by atoms with E-state index in [2.05, 4.69) is 17.1 Å². The summed E-state index contributed by atoms with van der Waals surface area (Å²) in [5.41, 5.74) is 8.09. The SMILES string of the molecule is CC(CN)c1ccc(CC(=O)CC2CN(c3ccc(C#N)nn3)C[C@H]2O)cc1. The zero-order chi connectivity index (χ0) is 20.1. The molecule has 0 saturated carbocycles. The first kappa shape index (κ1) is 19.9. The molecule has 146 valence electrons. The van der Waals surface area contributed by atoms with Gasteiger partial charge in [-0.3, -0.25) is 4.79 Å². The van der Waals surface area contributed by atoms with Gasteiger partial charge < -0.3 is 15.7 Å². The maximum absolute atomic E-state index is 12.5. The van der Waals surface area contributed by atoms with E-state index < -0.39 is 6.10 Å². The van der Waals surface area contributed by atoms with Gasteiger partial charge in [-0.05, 0) is 35.7 Å². The van der Waals surface area contributed by atoms with Crippen LogP contribution < -0.4 is 10.6 Å². The number of aliphatic hydroxyl groups excluding tert-OH is 1. The summed E-state index contributed by atoms with van der Waals surface area (Å²) >= 11 is 0. The Labute approximate surface area is 164 Å². The number of carbonyl (C=O) groups is 1. The number of β-amino-alcohol motifs (C(OH)–C–C–N with tert-alkyl or cyclic N) is 1. The highest BCUT2D eigenvalue weighted by atomic mass is 16.3. The molecule has 0 radical (unpaired) electrons. The monoisotopic (exact) mass is 379 g/mol. The molecule has 1 saturated heterocycles. The van der Waals surface area contributed by atoms with Crippen LogP contribution in [0.25, 0.3) is 0 Å². The van der Waals surface area contributed by atoms with Crippen molar-refractivity contribution in [1.29, 1.82) is 5.26 Å². The largest absolute Gasteiger partial charge is 0.391 e. The van der Waals surface area contributed by atoms with Gasteiger partial charge in [0.1, 0.15) is 11.9 Å². The molecule has 2 aromatic rings. The lowest BCUT2D eigenvalue weighted by Gasteiger charge is -2.16. The van der Waals surface area contributed by atoms with Crippen LogP contribution >= 0.6 is 0 Å². The van der Waals surface area contributed by atoms with E-state index in [1.165, 1.54) is 5.56 Å². The highest BCUT2D eigenvalue weighted by Gasteiger charge is 2.33. The number of carbonyl (C=O) groups excluding carboxylic acids is 1. The summed E-state index contributed by atoms with van der Waals surface area (Å²) in [6.45, 7) is 3.62. The second-order valence-electron chi connectivity index (χ2n) is 7.42. The third kappa shape index (κ3) is 4.71. The lowest BCUT2D eigenvalue weighted by molar-refractivity contribution is -0.119. The van der Waals surface area contributed by atoms with Crippen LogP contribution in [0.1, 0.15) is 36.1 Å². The van der Waals surface area contributed by atoms with Crippen molar-refractivity contribution in [3.05, 3.63) is 53.2 Å². The maximum Gasteiger partial charge on any atom is 0.163 e. The summed E-state index contributed by atoms with van der Waals surface area (Å²) in [5, 5.41) is 27.0. The standard InChI is InChI=1S/C21H25N5O2/c1-14(10-22)16-4-2-15(3-5-16)8-19(27)9-17-12-26(13-20(17)28)21-7-6-18(11-23)24-25-21/h2-7,14,17,20,28H,8-10,12-13,22H2,1H3/t14?,17?,20-/m1/s1. The van der Waals surface area contributed by atoms with Crippen molar-refractivity contribution in [3.63, 3.8) is 0 Å². The molecule has 1 aliphatic rings. The molecule has 3 N–H and O–H groups in total. The normalized spacial score (nSPS) is 20.0. The zero-order valence-electron chi connectivity index (χ0n) is 16.0. The minimum Gasteiger partial charge on any atom is -0.391 e. The van der Waals surface area contributed by atoms with Crippen LogP contribution in [0.15, 0.2) is 36.4 Å². The predicted octanol–water partition coefficient (Wildman–Crippen LogP) is 1.41. The Morgan fingerprint density at radius 2 is 2.04 bits per heavy atom. The van der Waals surface area contributed by atoms with Crippen molar-refractivity contribution in [3.8, 4) is 6.07 Å². The van der Waals surface area contributed by atoms with Crippen LogP contribution in [0.2, 0.25) is 0 Å². The fraction of sp³-hybridized carbons (Fsp3) is 0.429. The number of aliphatic hydroxyl groups is 1. The fourth-order valence-electron chi connectivity index (χ4n) is 3.49. The number of nitrogens with zero attached hydrogens (tertiary/aromatic N) is 4. The number of rotatable bonds is 7. The Morgan fingerprint density at radius 3 is 2.64 bits per heavy atom. The third-order valence-electron chi connectivity index (χ3n) is 5.29. The van der Waals surface area contributed by atoms with Crippen molar-refractivity contribution >= 4 is 11.6 Å². The molecule has 0 bridgehead atoms. The molecule has 7 heteroatoms. The van der Waals surface area contributed by atoms with E-state index in [1.807, 2.05) is 35.2 Å². The highest BCUT2D eigenvalue weighted by Crippen LogP contribution is 2.25. The van der Waals surface area contributed by atoms with Gasteiger partial charge in [-0.25, -0.2) is 0 Å². The predicted molar refractivity (Wildman–Crippen MR) is 106 cm³/mol. The summed E-state index contributed by atoms with van der Waals surface area (Å²) in [5.74, 6) is 0.880. The number of aromatic nitrogens is 2. The fourth-order valence-corrected chi connectivity index (χ4v) is 3.49. The molecule has 0 amide bonds. The molecule has 3 rings (SSSR count). The number of hydrogen-bond donors (Lipinski definition) is 2. The summed E-state index contributed by atoms with van der Waals surface area (Å²) < 4.78 is 0. The van der Waals surface area contributed by atoms with Crippen LogP contribution in [0.4, 0.5) is 5.82 Å². The first-order valence-corrected chi connectivity index (χ1v) is 9.47. The number of ketones is 1. The Morgan fingerprint density at radius 1 is 1.29 bits per heavy atom. The van der Waals surface area contributed by atoms with Gasteiger partial charge in [0.05, 0.1) is 6.10 Å². The number of hydrogen-bond acceptors (Lipinski definition) is 7. The van der Waals surface area contributed by atoms with Crippen molar-refractivity contribution in [2.75, 3.05) is 24.5 Å². The molecular formula is C21H25N5O2. The Bertz CT molecular complexity index is 845. The molecule has 0 spiro atoms. The molecule has 7 nitrogen and oxygen atoms in total. The molecule has 1 aromatic heterocycles. The van der Waals surface area contributed by atoms with Crippen LogP contribution in [0.5, 0.6) is 0 Å². The second kappa shape index (κ2) is 8.91. The van der Waals surface area contributed by atoms with E-state index in [0.29, 0.717) is 44.2 Å². The number of nitriles is 1. The lowest BCUT2D eigenvalue weighted by Crippen LogP contribution is -2.22. The molecule has 2 unspecified atom stereocenters. The summed E-state index contributed by atoms with van der Waals surface area (Å²) in [6.07, 6.45) is 0.0913. The van der Waals surface area contributed by atoms with E-state index in [4.69, 9.17) is 11.0 Å². The average molecular weight is 379 g/mol. The number of anilines is 1. The maximum atomic E-state index is 12.5. The van der Waals surface area contributed by atoms with Crippen molar-refractivity contribution in [1.82, 2.24) is 10.2 Å². The third-order valence-corrected chi connectivity index (χ3v) is 5.29. The molecule has 2 heterocycles. The molecule has 3 atom stereocenters. The van der Waals surface area contributed by atoms with Gasteiger partial charge in [0.15, 0.2) is 11.5 Å². The Hall–Kier alpha value is -2.82. The molecular weight excluding hydrogens is 354 g/mol. The van der Waals surface area contributed by atoms with Gasteiger partial charge in [-0.2, -0.15) is 5.26 Å². The molecule has 1 aromatic carbocycles. The van der Waals surface area contributed by atoms with Crippen LogP contribution in [-0.4, -0.2) is 46.8 Å². The van der Waals surface area contributed by atoms with Gasteiger partial charge in [-0.1, -0.05) is 31.2 Å². The smallest absolute Gasteiger partial charge is 0.163 e.